The van der Waals surface area contributed by atoms with Gasteiger partial charge in [0.2, 0.25) is 5.91 Å². The summed E-state index contributed by atoms with van der Waals surface area (Å²) < 4.78 is 1.16. The lowest BCUT2D eigenvalue weighted by Crippen LogP contribution is -2.03. The Morgan fingerprint density at radius 1 is 1.80 bits per heavy atom. The van der Waals surface area contributed by atoms with Crippen molar-refractivity contribution in [3.8, 4) is 0 Å². The Bertz CT molecular complexity index is 246. The van der Waals surface area contributed by atoms with Crippen LogP contribution in [0.15, 0.2) is 11.4 Å². The molecule has 0 radical (unpaired) electrons. The summed E-state index contributed by atoms with van der Waals surface area (Å²) in [6, 6.07) is 1.94. The van der Waals surface area contributed by atoms with Crippen molar-refractivity contribution in [1.29, 1.82) is 0 Å². The number of nitrogens with one attached hydrogen (secondary N) is 1. The van der Waals surface area contributed by atoms with Crippen LogP contribution >= 0.6 is 33.9 Å². The van der Waals surface area contributed by atoms with Gasteiger partial charge in [0, 0.05) is 15.9 Å². The summed E-state index contributed by atoms with van der Waals surface area (Å²) in [5.41, 5.74) is 0. The summed E-state index contributed by atoms with van der Waals surface area (Å²) in [6.45, 7) is 1.51. The second-order valence-corrected chi connectivity index (χ2v) is 3.97. The van der Waals surface area contributed by atoms with Gasteiger partial charge in [-0.25, -0.2) is 0 Å². The van der Waals surface area contributed by atoms with Crippen molar-refractivity contribution in [1.82, 2.24) is 0 Å². The predicted octanol–water partition coefficient (Wildman–Crippen LogP) is 2.31. The van der Waals surface area contributed by atoms with Crippen LogP contribution in [0.2, 0.25) is 0 Å². The van der Waals surface area contributed by atoms with Crippen LogP contribution in [0.5, 0.6) is 0 Å². The Morgan fingerprint density at radius 3 is 2.90 bits per heavy atom. The van der Waals surface area contributed by atoms with Crippen LogP contribution in [0.4, 0.5) is 5.00 Å². The van der Waals surface area contributed by atoms with Gasteiger partial charge in [-0.2, -0.15) is 0 Å². The predicted molar refractivity (Wildman–Crippen MR) is 51.3 cm³/mol. The summed E-state index contributed by atoms with van der Waals surface area (Å²) in [5.74, 6) is -0.0155. The molecule has 0 unspecified atom stereocenters. The summed E-state index contributed by atoms with van der Waals surface area (Å²) in [6.07, 6.45) is 0. The molecule has 2 nitrogen and oxygen atoms in total. The molecule has 54 valence electrons. The number of carbonyl (C=O) groups is 1. The maximum Gasteiger partial charge on any atom is 0.221 e. The molecule has 0 bridgehead atoms. The minimum absolute atomic E-state index is 0.0155. The van der Waals surface area contributed by atoms with Crippen LogP contribution < -0.4 is 5.32 Å². The first-order valence-corrected chi connectivity index (χ1v) is 4.66. The fourth-order valence-electron chi connectivity index (χ4n) is 0.552. The molecule has 1 aromatic heterocycles. The minimum Gasteiger partial charge on any atom is -0.318 e. The van der Waals surface area contributed by atoms with E-state index in [4.69, 9.17) is 0 Å². The Hall–Kier alpha value is -0.100. The maximum absolute atomic E-state index is 10.5. The zero-order chi connectivity index (χ0) is 7.56. The Morgan fingerprint density at radius 2 is 2.50 bits per heavy atom. The number of carbonyl (C=O) groups excluding carboxylic acids is 1. The molecule has 10 heavy (non-hydrogen) atoms. The Kier molecular flexibility index (Phi) is 2.67. The van der Waals surface area contributed by atoms with Gasteiger partial charge in [0.15, 0.2) is 0 Å². The maximum atomic E-state index is 10.5. The molecule has 1 rings (SSSR count). The smallest absolute Gasteiger partial charge is 0.221 e. The molecule has 4 heteroatoms. The van der Waals surface area contributed by atoms with E-state index in [1.165, 1.54) is 18.3 Å². The third-order valence-electron chi connectivity index (χ3n) is 0.867. The summed E-state index contributed by atoms with van der Waals surface area (Å²) in [4.78, 5) is 10.5. The van der Waals surface area contributed by atoms with Gasteiger partial charge < -0.3 is 5.32 Å². The zero-order valence-corrected chi connectivity index (χ0v) is 8.32. The lowest BCUT2D eigenvalue weighted by atomic mass is 10.6. The number of hydrogen-bond acceptors (Lipinski definition) is 2. The van der Waals surface area contributed by atoms with E-state index in [1.807, 2.05) is 11.4 Å². The van der Waals surface area contributed by atoms with Crippen molar-refractivity contribution >= 4 is 44.8 Å². The first kappa shape index (κ1) is 8.00. The van der Waals surface area contributed by atoms with Gasteiger partial charge in [-0.3, -0.25) is 4.79 Å². The normalized spacial score (nSPS) is 9.40. The molecule has 0 aliphatic rings. The third kappa shape index (κ3) is 2.26. The lowest BCUT2D eigenvalue weighted by Gasteiger charge is -1.92. The molecule has 1 amide bonds. The summed E-state index contributed by atoms with van der Waals surface area (Å²) in [5, 5.41) is 5.61. The monoisotopic (exact) mass is 267 g/mol. The first-order chi connectivity index (χ1) is 4.68. The van der Waals surface area contributed by atoms with E-state index >= 15 is 0 Å². The van der Waals surface area contributed by atoms with Crippen molar-refractivity contribution < 1.29 is 4.79 Å². The van der Waals surface area contributed by atoms with E-state index in [0.717, 1.165) is 8.57 Å². The average molecular weight is 267 g/mol. The molecular weight excluding hydrogens is 261 g/mol. The highest BCUT2D eigenvalue weighted by molar-refractivity contribution is 14.1. The molecular formula is C6H6INOS. The van der Waals surface area contributed by atoms with Crippen LogP contribution in [0.25, 0.3) is 0 Å². The molecule has 0 aromatic carbocycles. The molecule has 1 aromatic rings. The van der Waals surface area contributed by atoms with Crippen LogP contribution in [0, 0.1) is 3.57 Å². The van der Waals surface area contributed by atoms with Crippen molar-refractivity contribution in [2.75, 3.05) is 5.32 Å². The van der Waals surface area contributed by atoms with E-state index in [9.17, 15) is 4.79 Å². The van der Waals surface area contributed by atoms with Crippen molar-refractivity contribution in [2.24, 2.45) is 0 Å². The molecule has 0 saturated heterocycles. The van der Waals surface area contributed by atoms with Crippen LogP contribution in [-0.4, -0.2) is 5.91 Å². The highest BCUT2D eigenvalue weighted by Crippen LogP contribution is 2.20. The van der Waals surface area contributed by atoms with Gasteiger partial charge >= 0.3 is 0 Å². The lowest BCUT2D eigenvalue weighted by molar-refractivity contribution is -0.114. The van der Waals surface area contributed by atoms with Gasteiger partial charge in [0.05, 0.1) is 5.00 Å². The zero-order valence-electron chi connectivity index (χ0n) is 5.35. The number of anilines is 1. The topological polar surface area (TPSA) is 29.1 Å². The highest BCUT2D eigenvalue weighted by atomic mass is 127. The van der Waals surface area contributed by atoms with Gasteiger partial charge in [0.1, 0.15) is 0 Å². The molecule has 0 spiro atoms. The summed E-state index contributed by atoms with van der Waals surface area (Å²) >= 11 is 3.74. The average Bonchev–Trinajstić information content (AvgIpc) is 2.13. The van der Waals surface area contributed by atoms with Crippen molar-refractivity contribution in [2.45, 2.75) is 6.92 Å². The van der Waals surface area contributed by atoms with Gasteiger partial charge in [0.25, 0.3) is 0 Å². The number of rotatable bonds is 1. The van der Waals surface area contributed by atoms with Gasteiger partial charge in [-0.15, -0.1) is 11.3 Å². The second kappa shape index (κ2) is 3.34. The van der Waals surface area contributed by atoms with E-state index in [1.54, 1.807) is 0 Å². The number of hydrogen-bond donors (Lipinski definition) is 1. The Balaban J connectivity index is 2.67. The second-order valence-electron chi connectivity index (χ2n) is 1.81. The van der Waals surface area contributed by atoms with E-state index in [2.05, 4.69) is 27.9 Å². The SMILES string of the molecule is CC(=O)Nc1cc(I)cs1. The fraction of sp³-hybridized carbons (Fsp3) is 0.167. The minimum atomic E-state index is -0.0155. The number of halogens is 1. The van der Waals surface area contributed by atoms with Crippen molar-refractivity contribution in [3.05, 3.63) is 15.0 Å². The molecule has 0 atom stereocenters. The molecule has 0 saturated carbocycles. The van der Waals surface area contributed by atoms with Gasteiger partial charge in [-0.05, 0) is 28.7 Å². The largest absolute Gasteiger partial charge is 0.318 e. The van der Waals surface area contributed by atoms with E-state index < -0.39 is 0 Å². The molecule has 1 N–H and O–H groups in total. The summed E-state index contributed by atoms with van der Waals surface area (Å²) in [7, 11) is 0. The Labute approximate surface area is 76.8 Å². The molecule has 0 aliphatic carbocycles. The molecule has 0 fully saturated rings. The number of thiophene rings is 1. The van der Waals surface area contributed by atoms with E-state index in [0.29, 0.717) is 0 Å². The van der Waals surface area contributed by atoms with Crippen LogP contribution in [0.1, 0.15) is 6.92 Å². The molecule has 0 aliphatic heterocycles. The highest BCUT2D eigenvalue weighted by Gasteiger charge is 1.96. The quantitative estimate of drug-likeness (QED) is 0.777. The van der Waals surface area contributed by atoms with E-state index in [-0.39, 0.29) is 5.91 Å². The molecule has 1 heterocycles. The third-order valence-corrected chi connectivity index (χ3v) is 2.76. The van der Waals surface area contributed by atoms with Gasteiger partial charge in [-0.1, -0.05) is 0 Å². The van der Waals surface area contributed by atoms with Crippen molar-refractivity contribution in [3.63, 3.8) is 0 Å². The number of amides is 1. The van der Waals surface area contributed by atoms with Crippen LogP contribution in [-0.2, 0) is 4.79 Å². The first-order valence-electron chi connectivity index (χ1n) is 2.70. The van der Waals surface area contributed by atoms with Crippen LogP contribution in [0.3, 0.4) is 0 Å². The fourth-order valence-corrected chi connectivity index (χ4v) is 2.16. The standard InChI is InChI=1S/C6H6INOS/c1-4(9)8-6-2-5(7)3-10-6/h2-3H,1H3,(H,8,9).